The summed E-state index contributed by atoms with van der Waals surface area (Å²) in [5, 5.41) is 1.11. The van der Waals surface area contributed by atoms with Crippen LogP contribution in [0.5, 0.6) is 5.75 Å². The molecule has 16 heavy (non-hydrogen) atoms. The molecule has 1 aromatic heterocycles. The first-order chi connectivity index (χ1) is 7.70. The van der Waals surface area contributed by atoms with Crippen LogP contribution in [-0.2, 0) is 0 Å². The van der Waals surface area contributed by atoms with Crippen molar-refractivity contribution < 1.29 is 4.74 Å². The number of aryl methyl sites for hydroxylation is 2. The normalized spacial score (nSPS) is 10.4. The lowest BCUT2D eigenvalue weighted by Gasteiger charge is -2.04. The monoisotopic (exact) mass is 233 g/mol. The van der Waals surface area contributed by atoms with E-state index < -0.39 is 0 Å². The average molecular weight is 233 g/mol. The fraction of sp³-hybridized carbons (Fsp3) is 0.308. The molecule has 0 aliphatic carbocycles. The zero-order valence-electron chi connectivity index (χ0n) is 9.78. The molecule has 0 radical (unpaired) electrons. The maximum atomic E-state index is 5.50. The summed E-state index contributed by atoms with van der Waals surface area (Å²) < 4.78 is 5.50. The van der Waals surface area contributed by atoms with Crippen LogP contribution < -0.4 is 4.74 Å². The van der Waals surface area contributed by atoms with E-state index in [0.29, 0.717) is 6.61 Å². The van der Waals surface area contributed by atoms with Gasteiger partial charge >= 0.3 is 0 Å². The van der Waals surface area contributed by atoms with E-state index in [1.165, 1.54) is 10.4 Å². The highest BCUT2D eigenvalue weighted by Gasteiger charge is 2.07. The molecule has 0 fully saturated rings. The summed E-state index contributed by atoms with van der Waals surface area (Å²) in [5.41, 5.74) is 2.28. The fourth-order valence-corrected chi connectivity index (χ4v) is 2.61. The van der Waals surface area contributed by atoms with Crippen LogP contribution >= 0.6 is 11.3 Å². The summed E-state index contributed by atoms with van der Waals surface area (Å²) in [4.78, 5) is 5.68. The Labute approximate surface area is 99.9 Å². The topological polar surface area (TPSA) is 22.1 Å². The van der Waals surface area contributed by atoms with Crippen molar-refractivity contribution in [1.29, 1.82) is 0 Å². The van der Waals surface area contributed by atoms with E-state index in [1.54, 1.807) is 11.3 Å². The average Bonchev–Trinajstić information content (AvgIpc) is 2.59. The second-order valence-corrected chi connectivity index (χ2v) is 4.81. The SMILES string of the molecule is CCOc1cccc(-c2sc(C)nc2C)c1. The zero-order chi connectivity index (χ0) is 11.5. The van der Waals surface area contributed by atoms with Gasteiger partial charge in [0, 0.05) is 0 Å². The summed E-state index contributed by atoms with van der Waals surface area (Å²) in [6.07, 6.45) is 0. The Balaban J connectivity index is 2.40. The van der Waals surface area contributed by atoms with Gasteiger partial charge in [-0.1, -0.05) is 12.1 Å². The molecule has 0 atom stereocenters. The maximum Gasteiger partial charge on any atom is 0.119 e. The van der Waals surface area contributed by atoms with E-state index in [-0.39, 0.29) is 0 Å². The second kappa shape index (κ2) is 4.66. The lowest BCUT2D eigenvalue weighted by Crippen LogP contribution is -1.91. The van der Waals surface area contributed by atoms with Crippen molar-refractivity contribution in [3.05, 3.63) is 35.0 Å². The Bertz CT molecular complexity index is 490. The van der Waals surface area contributed by atoms with Crippen LogP contribution in [0.15, 0.2) is 24.3 Å². The third-order valence-corrected chi connectivity index (χ3v) is 3.43. The molecule has 0 bridgehead atoms. The summed E-state index contributed by atoms with van der Waals surface area (Å²) in [5.74, 6) is 0.922. The van der Waals surface area contributed by atoms with E-state index in [1.807, 2.05) is 32.9 Å². The molecular weight excluding hydrogens is 218 g/mol. The van der Waals surface area contributed by atoms with E-state index in [2.05, 4.69) is 17.1 Å². The van der Waals surface area contributed by atoms with Gasteiger partial charge in [-0.3, -0.25) is 0 Å². The highest BCUT2D eigenvalue weighted by molar-refractivity contribution is 7.15. The van der Waals surface area contributed by atoms with Crippen molar-refractivity contribution in [2.75, 3.05) is 6.61 Å². The lowest BCUT2D eigenvalue weighted by molar-refractivity contribution is 0.340. The van der Waals surface area contributed by atoms with Gasteiger partial charge in [-0.15, -0.1) is 11.3 Å². The third kappa shape index (κ3) is 2.25. The lowest BCUT2D eigenvalue weighted by atomic mass is 10.1. The van der Waals surface area contributed by atoms with Crippen molar-refractivity contribution in [2.45, 2.75) is 20.8 Å². The van der Waals surface area contributed by atoms with Gasteiger partial charge in [-0.2, -0.15) is 0 Å². The number of thiazole rings is 1. The number of hydrogen-bond donors (Lipinski definition) is 0. The largest absolute Gasteiger partial charge is 0.494 e. The van der Waals surface area contributed by atoms with Crippen molar-refractivity contribution in [2.24, 2.45) is 0 Å². The molecule has 84 valence electrons. The molecule has 2 nitrogen and oxygen atoms in total. The van der Waals surface area contributed by atoms with Crippen LogP contribution in [0.25, 0.3) is 10.4 Å². The van der Waals surface area contributed by atoms with Crippen molar-refractivity contribution in [3.8, 4) is 16.2 Å². The Hall–Kier alpha value is -1.35. The maximum absolute atomic E-state index is 5.50. The summed E-state index contributed by atoms with van der Waals surface area (Å²) >= 11 is 1.73. The Morgan fingerprint density at radius 1 is 1.31 bits per heavy atom. The standard InChI is InChI=1S/C13H15NOS/c1-4-15-12-7-5-6-11(8-12)13-9(2)14-10(3)16-13/h5-8H,4H2,1-3H3. The van der Waals surface area contributed by atoms with Gasteiger partial charge < -0.3 is 4.74 Å². The summed E-state index contributed by atoms with van der Waals surface area (Å²) in [7, 11) is 0. The Morgan fingerprint density at radius 3 is 2.75 bits per heavy atom. The summed E-state index contributed by atoms with van der Waals surface area (Å²) in [6, 6.07) is 8.18. The number of nitrogens with zero attached hydrogens (tertiary/aromatic N) is 1. The number of ether oxygens (including phenoxy) is 1. The summed E-state index contributed by atoms with van der Waals surface area (Å²) in [6.45, 7) is 6.78. The molecule has 0 aliphatic heterocycles. The number of aromatic nitrogens is 1. The molecule has 0 unspecified atom stereocenters. The minimum atomic E-state index is 0.699. The highest BCUT2D eigenvalue weighted by atomic mass is 32.1. The molecule has 2 aromatic rings. The molecule has 1 aromatic carbocycles. The molecule has 2 rings (SSSR count). The van der Waals surface area contributed by atoms with Gasteiger partial charge in [0.05, 0.1) is 22.2 Å². The molecule has 3 heteroatoms. The van der Waals surface area contributed by atoms with Crippen LogP contribution in [0.1, 0.15) is 17.6 Å². The zero-order valence-corrected chi connectivity index (χ0v) is 10.6. The number of benzene rings is 1. The van der Waals surface area contributed by atoms with Gasteiger partial charge in [0.25, 0.3) is 0 Å². The molecular formula is C13H15NOS. The first-order valence-corrected chi connectivity index (χ1v) is 6.19. The van der Waals surface area contributed by atoms with Gasteiger partial charge in [0.1, 0.15) is 5.75 Å². The first kappa shape index (κ1) is 11.1. The van der Waals surface area contributed by atoms with Gasteiger partial charge in [0.15, 0.2) is 0 Å². The van der Waals surface area contributed by atoms with Crippen molar-refractivity contribution >= 4 is 11.3 Å². The molecule has 0 amide bonds. The van der Waals surface area contributed by atoms with Crippen molar-refractivity contribution in [1.82, 2.24) is 4.98 Å². The molecule has 0 aliphatic rings. The van der Waals surface area contributed by atoms with Crippen LogP contribution in [0.2, 0.25) is 0 Å². The second-order valence-electron chi connectivity index (χ2n) is 3.61. The van der Waals surface area contributed by atoms with Gasteiger partial charge in [-0.25, -0.2) is 4.98 Å². The van der Waals surface area contributed by atoms with E-state index in [0.717, 1.165) is 16.5 Å². The predicted octanol–water partition coefficient (Wildman–Crippen LogP) is 3.83. The molecule has 0 N–H and O–H groups in total. The molecule has 0 saturated carbocycles. The van der Waals surface area contributed by atoms with Gasteiger partial charge in [0.2, 0.25) is 0 Å². The predicted molar refractivity (Wildman–Crippen MR) is 68.2 cm³/mol. The van der Waals surface area contributed by atoms with Crippen LogP contribution in [-0.4, -0.2) is 11.6 Å². The molecule has 1 heterocycles. The number of rotatable bonds is 3. The quantitative estimate of drug-likeness (QED) is 0.804. The van der Waals surface area contributed by atoms with Crippen LogP contribution in [0.4, 0.5) is 0 Å². The van der Waals surface area contributed by atoms with E-state index in [9.17, 15) is 0 Å². The van der Waals surface area contributed by atoms with Gasteiger partial charge in [-0.05, 0) is 38.5 Å². The number of hydrogen-bond acceptors (Lipinski definition) is 3. The van der Waals surface area contributed by atoms with Crippen LogP contribution in [0.3, 0.4) is 0 Å². The van der Waals surface area contributed by atoms with Crippen LogP contribution in [0, 0.1) is 13.8 Å². The van der Waals surface area contributed by atoms with E-state index >= 15 is 0 Å². The minimum Gasteiger partial charge on any atom is -0.494 e. The van der Waals surface area contributed by atoms with Crippen molar-refractivity contribution in [3.63, 3.8) is 0 Å². The molecule has 0 spiro atoms. The smallest absolute Gasteiger partial charge is 0.119 e. The fourth-order valence-electron chi connectivity index (χ4n) is 1.69. The minimum absolute atomic E-state index is 0.699. The third-order valence-electron chi connectivity index (χ3n) is 2.31. The van der Waals surface area contributed by atoms with E-state index in [4.69, 9.17) is 4.74 Å². The Kier molecular flexibility index (Phi) is 3.25. The molecule has 0 saturated heterocycles. The highest BCUT2D eigenvalue weighted by Crippen LogP contribution is 2.31. The first-order valence-electron chi connectivity index (χ1n) is 5.38. The Morgan fingerprint density at radius 2 is 2.12 bits per heavy atom.